The number of aliphatic carboxylic acids is 1. The second-order valence-electron chi connectivity index (χ2n) is 8.21. The molecule has 0 unspecified atom stereocenters. The first kappa shape index (κ1) is 24.1. The number of urea groups is 1. The van der Waals surface area contributed by atoms with Gasteiger partial charge in [-0.1, -0.05) is 43.3 Å². The largest absolute Gasteiger partial charge is 0.480 e. The maximum absolute atomic E-state index is 12.1. The van der Waals surface area contributed by atoms with Crippen molar-refractivity contribution in [3.63, 3.8) is 0 Å². The lowest BCUT2D eigenvalue weighted by Gasteiger charge is -2.17. The van der Waals surface area contributed by atoms with Gasteiger partial charge in [0.25, 0.3) is 0 Å². The fourth-order valence-electron chi connectivity index (χ4n) is 3.79. The highest BCUT2D eigenvalue weighted by molar-refractivity contribution is 5.90. The number of hydrogen-bond acceptors (Lipinski definition) is 4. The third-order valence-electron chi connectivity index (χ3n) is 5.55. The fraction of sp³-hybridized carbons (Fsp3) is 0.400. The number of hydrogen-bond donors (Lipinski definition) is 4. The van der Waals surface area contributed by atoms with Crippen LogP contribution in [0.1, 0.15) is 44.6 Å². The van der Waals surface area contributed by atoms with E-state index in [1.54, 1.807) is 0 Å². The van der Waals surface area contributed by atoms with Crippen molar-refractivity contribution < 1.29 is 24.2 Å². The summed E-state index contributed by atoms with van der Waals surface area (Å²) in [6.45, 7) is 2.60. The van der Waals surface area contributed by atoms with Gasteiger partial charge in [0.2, 0.25) is 0 Å². The summed E-state index contributed by atoms with van der Waals surface area (Å²) in [5.74, 6) is -1.11. The molecule has 0 radical (unpaired) electrons. The second kappa shape index (κ2) is 11.9. The third kappa shape index (κ3) is 7.52. The molecule has 1 saturated carbocycles. The van der Waals surface area contributed by atoms with Gasteiger partial charge in [0, 0.05) is 18.7 Å². The van der Waals surface area contributed by atoms with Gasteiger partial charge < -0.3 is 25.8 Å². The summed E-state index contributed by atoms with van der Waals surface area (Å²) >= 11 is 0. The zero-order valence-electron chi connectivity index (χ0n) is 18.8. The normalized spacial score (nSPS) is 14.3. The van der Waals surface area contributed by atoms with Crippen LogP contribution >= 0.6 is 0 Å². The van der Waals surface area contributed by atoms with Crippen molar-refractivity contribution in [3.05, 3.63) is 54.1 Å². The Balaban J connectivity index is 1.60. The highest BCUT2D eigenvalue weighted by Crippen LogP contribution is 2.24. The monoisotopic (exact) mass is 453 g/mol. The van der Waals surface area contributed by atoms with Gasteiger partial charge in [-0.15, -0.1) is 0 Å². The maximum Gasteiger partial charge on any atom is 0.408 e. The van der Waals surface area contributed by atoms with Crippen molar-refractivity contribution in [2.75, 3.05) is 11.9 Å². The molecule has 33 heavy (non-hydrogen) atoms. The van der Waals surface area contributed by atoms with E-state index in [0.29, 0.717) is 12.2 Å². The molecule has 176 valence electrons. The molecule has 0 saturated heterocycles. The quantitative estimate of drug-likeness (QED) is 0.444. The average molecular weight is 454 g/mol. The molecule has 8 heteroatoms. The number of carbonyl (C=O) groups is 3. The molecule has 1 fully saturated rings. The van der Waals surface area contributed by atoms with Crippen LogP contribution in [-0.2, 0) is 16.0 Å². The predicted molar refractivity (Wildman–Crippen MR) is 126 cm³/mol. The predicted octanol–water partition coefficient (Wildman–Crippen LogP) is 4.55. The molecule has 1 atom stereocenters. The average Bonchev–Trinajstić information content (AvgIpc) is 3.30. The number of carboxylic acid groups (broad SMARTS) is 1. The zero-order chi connectivity index (χ0) is 23.6. The van der Waals surface area contributed by atoms with Crippen molar-refractivity contribution in [2.45, 2.75) is 57.6 Å². The van der Waals surface area contributed by atoms with Crippen LogP contribution in [0.4, 0.5) is 15.3 Å². The zero-order valence-corrected chi connectivity index (χ0v) is 18.8. The van der Waals surface area contributed by atoms with E-state index in [2.05, 4.69) is 16.0 Å². The fourth-order valence-corrected chi connectivity index (χ4v) is 3.79. The van der Waals surface area contributed by atoms with Crippen LogP contribution in [0.15, 0.2) is 48.5 Å². The minimum atomic E-state index is -1.11. The lowest BCUT2D eigenvalue weighted by molar-refractivity contribution is -0.139. The Kier molecular flexibility index (Phi) is 8.69. The first-order valence-corrected chi connectivity index (χ1v) is 11.4. The number of nitrogens with one attached hydrogen (secondary N) is 3. The van der Waals surface area contributed by atoms with Gasteiger partial charge in [-0.05, 0) is 60.9 Å². The molecule has 1 aliphatic rings. The van der Waals surface area contributed by atoms with Crippen LogP contribution in [0.3, 0.4) is 0 Å². The number of amides is 3. The summed E-state index contributed by atoms with van der Waals surface area (Å²) in [5, 5.41) is 17.6. The van der Waals surface area contributed by atoms with Crippen molar-refractivity contribution >= 4 is 23.8 Å². The van der Waals surface area contributed by atoms with Crippen molar-refractivity contribution in [1.29, 1.82) is 0 Å². The second-order valence-corrected chi connectivity index (χ2v) is 8.21. The van der Waals surface area contributed by atoms with Gasteiger partial charge >= 0.3 is 18.1 Å². The minimum absolute atomic E-state index is 0.123. The van der Waals surface area contributed by atoms with E-state index in [0.717, 1.165) is 48.8 Å². The highest BCUT2D eigenvalue weighted by Gasteiger charge is 2.24. The lowest BCUT2D eigenvalue weighted by Crippen LogP contribution is -2.43. The number of ether oxygens (including phenoxy) is 1. The summed E-state index contributed by atoms with van der Waals surface area (Å²) in [7, 11) is 0. The minimum Gasteiger partial charge on any atom is -0.480 e. The topological polar surface area (TPSA) is 117 Å². The first-order valence-electron chi connectivity index (χ1n) is 11.4. The molecule has 0 spiro atoms. The lowest BCUT2D eigenvalue weighted by atomic mass is 10.0. The molecule has 3 rings (SSSR count). The molecule has 3 amide bonds. The highest BCUT2D eigenvalue weighted by atomic mass is 16.6. The number of anilines is 1. The Morgan fingerprint density at radius 1 is 1.06 bits per heavy atom. The number of benzene rings is 2. The van der Waals surface area contributed by atoms with Crippen molar-refractivity contribution in [1.82, 2.24) is 10.6 Å². The Bertz CT molecular complexity index is 955. The summed E-state index contributed by atoms with van der Waals surface area (Å²) in [4.78, 5) is 35.6. The molecule has 2 aromatic rings. The Morgan fingerprint density at radius 3 is 2.45 bits per heavy atom. The van der Waals surface area contributed by atoms with Crippen molar-refractivity contribution in [3.8, 4) is 11.1 Å². The SMILES string of the molecule is CCCNC(=O)Nc1cccc(-c2ccc(C[C@H](NC(=O)OC3CCCC3)C(=O)O)cc2)c1. The molecule has 0 aromatic heterocycles. The molecule has 0 heterocycles. The van der Waals surface area contributed by atoms with Crippen LogP contribution in [-0.4, -0.2) is 41.9 Å². The summed E-state index contributed by atoms with van der Waals surface area (Å²) in [5.41, 5.74) is 3.31. The summed E-state index contributed by atoms with van der Waals surface area (Å²) in [6, 6.07) is 13.6. The number of carboxylic acids is 1. The third-order valence-corrected chi connectivity index (χ3v) is 5.55. The van der Waals surface area contributed by atoms with E-state index in [1.165, 1.54) is 0 Å². The van der Waals surface area contributed by atoms with E-state index in [-0.39, 0.29) is 18.6 Å². The van der Waals surface area contributed by atoms with E-state index < -0.39 is 18.1 Å². The number of rotatable bonds is 9. The Morgan fingerprint density at radius 2 is 1.79 bits per heavy atom. The maximum atomic E-state index is 12.1. The molecular weight excluding hydrogens is 422 g/mol. The molecule has 2 aromatic carbocycles. The van der Waals surface area contributed by atoms with E-state index in [4.69, 9.17) is 4.74 Å². The van der Waals surface area contributed by atoms with Crippen molar-refractivity contribution in [2.24, 2.45) is 0 Å². The van der Waals surface area contributed by atoms with Gasteiger partial charge in [-0.2, -0.15) is 0 Å². The van der Waals surface area contributed by atoms with Gasteiger partial charge in [-0.3, -0.25) is 0 Å². The van der Waals surface area contributed by atoms with Crippen LogP contribution in [0, 0.1) is 0 Å². The van der Waals surface area contributed by atoms with Crippen LogP contribution in [0.2, 0.25) is 0 Å². The molecular formula is C25H31N3O5. The van der Waals surface area contributed by atoms with Gasteiger partial charge in [-0.25, -0.2) is 14.4 Å². The Labute approximate surface area is 193 Å². The van der Waals surface area contributed by atoms with Gasteiger partial charge in [0.15, 0.2) is 0 Å². The molecule has 0 bridgehead atoms. The molecule has 0 aliphatic heterocycles. The standard InChI is InChI=1S/C25H31N3O5/c1-2-14-26-24(31)27-20-7-5-6-19(16-20)18-12-10-17(11-13-18)15-22(23(29)30)28-25(32)33-21-8-3-4-9-21/h5-7,10-13,16,21-22H,2-4,8-9,14-15H2,1H3,(H,28,32)(H,29,30)(H2,26,27,31)/t22-/m0/s1. The number of alkyl carbamates (subject to hydrolysis) is 1. The van der Waals surface area contributed by atoms with Gasteiger partial charge in [0.05, 0.1) is 0 Å². The molecule has 8 nitrogen and oxygen atoms in total. The van der Waals surface area contributed by atoms with Gasteiger partial charge in [0.1, 0.15) is 12.1 Å². The summed E-state index contributed by atoms with van der Waals surface area (Å²) < 4.78 is 5.32. The number of carbonyl (C=O) groups excluding carboxylic acids is 2. The molecule has 1 aliphatic carbocycles. The smallest absolute Gasteiger partial charge is 0.408 e. The van der Waals surface area contributed by atoms with E-state index in [9.17, 15) is 19.5 Å². The van der Waals surface area contributed by atoms with Crippen LogP contribution in [0.5, 0.6) is 0 Å². The van der Waals surface area contributed by atoms with E-state index in [1.807, 2.05) is 55.5 Å². The first-order chi connectivity index (χ1) is 15.9. The molecule has 4 N–H and O–H groups in total. The van der Waals surface area contributed by atoms with Crippen LogP contribution in [0.25, 0.3) is 11.1 Å². The van der Waals surface area contributed by atoms with E-state index >= 15 is 0 Å². The van der Waals surface area contributed by atoms with Crippen LogP contribution < -0.4 is 16.0 Å². The Hall–Kier alpha value is -3.55. The summed E-state index contributed by atoms with van der Waals surface area (Å²) in [6.07, 6.45) is 3.91.